The number of tetrazole rings is 1. The molecule has 1 aromatic heterocycles. The average Bonchev–Trinajstić information content (AvgIpc) is 2.88. The van der Waals surface area contributed by atoms with E-state index in [-0.39, 0.29) is 29.4 Å². The topological polar surface area (TPSA) is 127 Å². The number of nitrogens with zero attached hydrogens (tertiary/aromatic N) is 5. The Labute approximate surface area is 140 Å². The fourth-order valence-electron chi connectivity index (χ4n) is 2.19. The van der Waals surface area contributed by atoms with Crippen LogP contribution in [-0.4, -0.2) is 65.0 Å². The molecule has 0 aliphatic carbocycles. The van der Waals surface area contributed by atoms with Crippen LogP contribution >= 0.6 is 35.9 Å². The molecule has 22 heavy (non-hydrogen) atoms. The van der Waals surface area contributed by atoms with Crippen molar-refractivity contribution in [2.75, 3.05) is 11.5 Å². The van der Waals surface area contributed by atoms with Crippen molar-refractivity contribution in [2.45, 2.75) is 16.6 Å². The summed E-state index contributed by atoms with van der Waals surface area (Å²) in [5.41, 5.74) is 6.42. The second-order valence-corrected chi connectivity index (χ2v) is 6.61. The fraction of sp³-hybridized carbons (Fsp3) is 0.500. The maximum absolute atomic E-state index is 11.8. The third-order valence-corrected chi connectivity index (χ3v) is 5.71. The number of aryl methyl sites for hydroxylation is 1. The first-order valence-corrected chi connectivity index (χ1v) is 8.05. The van der Waals surface area contributed by atoms with Crippen molar-refractivity contribution < 1.29 is 14.7 Å². The molecule has 12 heteroatoms. The Morgan fingerprint density at radius 3 is 2.91 bits per heavy atom. The molecular formula is C10H13ClN6O3S2. The number of hydrogen-bond acceptors (Lipinski definition) is 8. The van der Waals surface area contributed by atoms with Crippen LogP contribution in [-0.2, 0) is 16.6 Å². The molecule has 1 unspecified atom stereocenters. The summed E-state index contributed by atoms with van der Waals surface area (Å²) in [6, 6.07) is -0.610. The molecule has 9 nitrogen and oxygen atoms in total. The zero-order valence-electron chi connectivity index (χ0n) is 11.4. The Hall–Kier alpha value is -1.30. The zero-order chi connectivity index (χ0) is 15.1. The Morgan fingerprint density at radius 1 is 1.59 bits per heavy atom. The monoisotopic (exact) mass is 364 g/mol. The lowest BCUT2D eigenvalue weighted by Crippen LogP contribution is -2.68. The third kappa shape index (κ3) is 2.69. The summed E-state index contributed by atoms with van der Waals surface area (Å²) in [6.45, 7) is 0. The van der Waals surface area contributed by atoms with Gasteiger partial charge in [0.2, 0.25) is 11.1 Å². The Bertz CT molecular complexity index is 650. The normalized spacial score (nSPS) is 23.7. The van der Waals surface area contributed by atoms with Crippen LogP contribution in [0.1, 0.15) is 0 Å². The molecule has 2 aliphatic heterocycles. The number of hydrogen-bond donors (Lipinski definition) is 2. The molecule has 2 atom stereocenters. The number of fused-ring (bicyclic) bond motifs is 1. The number of carbonyl (C=O) groups is 2. The fourth-order valence-corrected chi connectivity index (χ4v) is 4.47. The van der Waals surface area contributed by atoms with Gasteiger partial charge in [-0.25, -0.2) is 9.48 Å². The van der Waals surface area contributed by atoms with Crippen LogP contribution in [0.15, 0.2) is 16.4 Å². The summed E-state index contributed by atoms with van der Waals surface area (Å²) >= 11 is 2.82. The van der Waals surface area contributed by atoms with Crippen LogP contribution < -0.4 is 5.73 Å². The molecule has 0 bridgehead atoms. The number of amides is 1. The van der Waals surface area contributed by atoms with Crippen LogP contribution in [0, 0.1) is 0 Å². The molecule has 3 rings (SSSR count). The van der Waals surface area contributed by atoms with E-state index >= 15 is 0 Å². The second-order valence-electron chi connectivity index (χ2n) is 4.57. The molecule has 0 aromatic carbocycles. The summed E-state index contributed by atoms with van der Waals surface area (Å²) in [5.74, 6) is -0.504. The van der Waals surface area contributed by atoms with Gasteiger partial charge in [0, 0.05) is 18.6 Å². The van der Waals surface area contributed by atoms with E-state index < -0.39 is 12.0 Å². The number of nitrogens with two attached hydrogens (primary N) is 1. The molecule has 0 spiro atoms. The van der Waals surface area contributed by atoms with Crippen LogP contribution in [0.25, 0.3) is 0 Å². The molecule has 0 saturated carbocycles. The lowest BCUT2D eigenvalue weighted by Gasteiger charge is -2.48. The summed E-state index contributed by atoms with van der Waals surface area (Å²) in [6.07, 6.45) is 0. The van der Waals surface area contributed by atoms with Crippen molar-refractivity contribution in [3.8, 4) is 0 Å². The van der Waals surface area contributed by atoms with Gasteiger partial charge in [0.1, 0.15) is 17.1 Å². The van der Waals surface area contributed by atoms with Crippen LogP contribution in [0.2, 0.25) is 0 Å². The standard InChI is InChI=1S/C10H12N6O3S2.ClH/c1-15-10(12-13-14-15)21-3-4-2-20-8-5(11)7(17)16(8)6(4)9(18)19;/h5,8H,2-3,11H2,1H3,(H,18,19);1H/t5?,8-;/m1./s1. The molecule has 1 fully saturated rings. The summed E-state index contributed by atoms with van der Waals surface area (Å²) in [7, 11) is 1.71. The highest BCUT2D eigenvalue weighted by Gasteiger charge is 2.51. The molecule has 0 radical (unpaired) electrons. The molecule has 1 aromatic rings. The molecule has 3 heterocycles. The van der Waals surface area contributed by atoms with Crippen molar-refractivity contribution in [1.29, 1.82) is 0 Å². The molecular weight excluding hydrogens is 352 g/mol. The van der Waals surface area contributed by atoms with Gasteiger partial charge in [-0.1, -0.05) is 11.8 Å². The number of carboxylic acids is 1. The van der Waals surface area contributed by atoms with E-state index in [0.717, 1.165) is 0 Å². The number of halogens is 1. The number of rotatable bonds is 4. The number of thioether (sulfide) groups is 2. The van der Waals surface area contributed by atoms with Crippen molar-refractivity contribution in [1.82, 2.24) is 25.1 Å². The van der Waals surface area contributed by atoms with Gasteiger partial charge in [-0.3, -0.25) is 9.69 Å². The molecule has 120 valence electrons. The largest absolute Gasteiger partial charge is 0.477 e. The Morgan fingerprint density at radius 2 is 2.32 bits per heavy atom. The highest BCUT2D eigenvalue weighted by atomic mass is 35.5. The summed E-state index contributed by atoms with van der Waals surface area (Å²) in [5, 5.41) is 20.8. The second kappa shape index (κ2) is 6.44. The van der Waals surface area contributed by atoms with Gasteiger partial charge in [-0.15, -0.1) is 29.3 Å². The Kier molecular flexibility index (Phi) is 5.00. The first-order chi connectivity index (χ1) is 10.0. The summed E-state index contributed by atoms with van der Waals surface area (Å²) in [4.78, 5) is 24.6. The lowest BCUT2D eigenvalue weighted by atomic mass is 10.0. The van der Waals surface area contributed by atoms with E-state index in [1.807, 2.05) is 0 Å². The minimum atomic E-state index is -1.10. The van der Waals surface area contributed by atoms with Gasteiger partial charge < -0.3 is 10.8 Å². The van der Waals surface area contributed by atoms with Crippen LogP contribution in [0.3, 0.4) is 0 Å². The predicted octanol–water partition coefficient (Wildman–Crippen LogP) is -0.695. The molecule has 3 N–H and O–H groups in total. The highest BCUT2D eigenvalue weighted by molar-refractivity contribution is 8.01. The predicted molar refractivity (Wildman–Crippen MR) is 82.5 cm³/mol. The van der Waals surface area contributed by atoms with Gasteiger partial charge in [0.05, 0.1) is 0 Å². The number of carboxylic acid groups (broad SMARTS) is 1. The third-order valence-electron chi connectivity index (χ3n) is 3.25. The quantitative estimate of drug-likeness (QED) is 0.526. The first kappa shape index (κ1) is 17.1. The van der Waals surface area contributed by atoms with E-state index in [0.29, 0.717) is 22.2 Å². The van der Waals surface area contributed by atoms with E-state index in [1.54, 1.807) is 7.05 Å². The molecule has 1 amide bonds. The zero-order valence-corrected chi connectivity index (χ0v) is 13.8. The first-order valence-electron chi connectivity index (χ1n) is 6.01. The number of aliphatic carboxylic acids is 1. The number of β-lactam (4-membered cyclic amide) rings is 1. The number of carbonyl (C=O) groups excluding carboxylic acids is 1. The van der Waals surface area contributed by atoms with E-state index in [9.17, 15) is 14.7 Å². The van der Waals surface area contributed by atoms with E-state index in [4.69, 9.17) is 5.73 Å². The van der Waals surface area contributed by atoms with Gasteiger partial charge >= 0.3 is 5.97 Å². The molecule has 2 aliphatic rings. The van der Waals surface area contributed by atoms with Crippen molar-refractivity contribution >= 4 is 47.8 Å². The lowest BCUT2D eigenvalue weighted by molar-refractivity contribution is -0.147. The van der Waals surface area contributed by atoms with Gasteiger partial charge in [0.25, 0.3) is 0 Å². The van der Waals surface area contributed by atoms with Crippen LogP contribution in [0.5, 0.6) is 0 Å². The van der Waals surface area contributed by atoms with Crippen molar-refractivity contribution in [3.05, 3.63) is 11.3 Å². The van der Waals surface area contributed by atoms with Gasteiger partial charge in [-0.2, -0.15) is 0 Å². The van der Waals surface area contributed by atoms with Crippen molar-refractivity contribution in [2.24, 2.45) is 12.8 Å². The maximum Gasteiger partial charge on any atom is 0.352 e. The highest BCUT2D eigenvalue weighted by Crippen LogP contribution is 2.40. The van der Waals surface area contributed by atoms with Gasteiger partial charge in [-0.05, 0) is 16.0 Å². The molecule has 1 saturated heterocycles. The van der Waals surface area contributed by atoms with Crippen LogP contribution in [0.4, 0.5) is 0 Å². The smallest absolute Gasteiger partial charge is 0.352 e. The Balaban J connectivity index is 0.00000176. The number of aromatic nitrogens is 4. The van der Waals surface area contributed by atoms with E-state index in [1.165, 1.54) is 33.1 Å². The minimum absolute atomic E-state index is 0. The maximum atomic E-state index is 11.8. The summed E-state index contributed by atoms with van der Waals surface area (Å²) < 4.78 is 1.51. The minimum Gasteiger partial charge on any atom is -0.477 e. The van der Waals surface area contributed by atoms with E-state index in [2.05, 4.69) is 15.5 Å². The average molecular weight is 365 g/mol. The van der Waals surface area contributed by atoms with Gasteiger partial charge in [0.15, 0.2) is 0 Å². The van der Waals surface area contributed by atoms with Crippen molar-refractivity contribution in [3.63, 3.8) is 0 Å². The SMILES string of the molecule is Cl.Cn1nnnc1SCC1=C(C(=O)O)N2C(=O)C(N)[C@H]2SC1.